The minimum absolute atomic E-state index is 0.0623. The molecule has 0 radical (unpaired) electrons. The largest absolute Gasteiger partial charge is 0.360 e. The summed E-state index contributed by atoms with van der Waals surface area (Å²) >= 11 is 1.49. The van der Waals surface area contributed by atoms with Crippen LogP contribution in [0.3, 0.4) is 0 Å². The van der Waals surface area contributed by atoms with Crippen molar-refractivity contribution in [1.29, 1.82) is 0 Å². The smallest absolute Gasteiger partial charge is 0.261 e. The van der Waals surface area contributed by atoms with Crippen molar-refractivity contribution in [3.63, 3.8) is 0 Å². The van der Waals surface area contributed by atoms with E-state index in [0.29, 0.717) is 47.5 Å². The van der Waals surface area contributed by atoms with Crippen LogP contribution in [-0.2, 0) is 9.59 Å². The third kappa shape index (κ3) is 3.35. The first-order valence-electron chi connectivity index (χ1n) is 11.5. The van der Waals surface area contributed by atoms with Crippen molar-refractivity contribution >= 4 is 61.4 Å². The van der Waals surface area contributed by atoms with Crippen LogP contribution in [0.2, 0.25) is 0 Å². The molecule has 2 amide bonds. The number of benzene rings is 1. The SMILES string of the molecule is CCC1(N)CCN(c2nc(C3=C(c4c[nH]c5ccsc45)C(=O)NC3=O)c3ccccc3n2)CC1F. The van der Waals surface area contributed by atoms with Gasteiger partial charge in [-0.25, -0.2) is 14.4 Å². The number of carbonyl (C=O) groups excluding carboxylic acids is 2. The number of imide groups is 1. The molecule has 8 nitrogen and oxygen atoms in total. The number of para-hydroxylation sites is 1. The number of nitrogens with two attached hydrogens (primary N) is 1. The number of aromatic nitrogens is 3. The molecule has 4 aromatic rings. The van der Waals surface area contributed by atoms with E-state index in [-0.39, 0.29) is 17.7 Å². The monoisotopic (exact) mass is 490 g/mol. The number of rotatable bonds is 4. The van der Waals surface area contributed by atoms with Gasteiger partial charge in [0.2, 0.25) is 5.95 Å². The van der Waals surface area contributed by atoms with Crippen LogP contribution >= 0.6 is 11.3 Å². The molecule has 1 fully saturated rings. The molecule has 35 heavy (non-hydrogen) atoms. The van der Waals surface area contributed by atoms with E-state index >= 15 is 4.39 Å². The summed E-state index contributed by atoms with van der Waals surface area (Å²) in [6, 6.07) is 9.25. The molecule has 1 saturated heterocycles. The molecular formula is C25H23FN6O2S. The zero-order valence-electron chi connectivity index (χ0n) is 19.0. The zero-order valence-corrected chi connectivity index (χ0v) is 19.8. The highest BCUT2D eigenvalue weighted by molar-refractivity contribution is 7.17. The standard InChI is InChI=1S/C25H23FN6O2S/c1-2-25(27)8-9-32(12-17(25)26)24-29-15-6-4-3-5-13(15)20(30-24)19-18(22(33)31-23(19)34)14-11-28-16-7-10-35-21(14)16/h3-7,10-11,17,28H,2,8-9,12,27H2,1H3,(H,31,33,34). The molecule has 10 heteroatoms. The van der Waals surface area contributed by atoms with Crippen LogP contribution in [0.5, 0.6) is 0 Å². The topological polar surface area (TPSA) is 117 Å². The summed E-state index contributed by atoms with van der Waals surface area (Å²) in [5, 5.41) is 5.00. The fourth-order valence-corrected chi connectivity index (χ4v) is 5.80. The number of hydrogen-bond acceptors (Lipinski definition) is 7. The quantitative estimate of drug-likeness (QED) is 0.378. The van der Waals surface area contributed by atoms with Crippen molar-refractivity contribution in [3.05, 3.63) is 53.2 Å². The number of fused-ring (bicyclic) bond motifs is 2. The highest BCUT2D eigenvalue weighted by Gasteiger charge is 2.40. The van der Waals surface area contributed by atoms with Crippen molar-refractivity contribution in [2.75, 3.05) is 18.0 Å². The first-order valence-corrected chi connectivity index (χ1v) is 12.4. The average Bonchev–Trinajstić information content (AvgIpc) is 3.55. The number of nitrogens with one attached hydrogen (secondary N) is 2. The molecule has 2 atom stereocenters. The molecule has 5 heterocycles. The Hall–Kier alpha value is -3.63. The van der Waals surface area contributed by atoms with Gasteiger partial charge in [-0.2, -0.15) is 0 Å². The highest BCUT2D eigenvalue weighted by Crippen LogP contribution is 2.39. The fourth-order valence-electron chi connectivity index (χ4n) is 4.91. The molecule has 178 valence electrons. The van der Waals surface area contributed by atoms with Crippen molar-refractivity contribution in [3.8, 4) is 0 Å². The number of carbonyl (C=O) groups is 2. The first-order chi connectivity index (χ1) is 16.9. The lowest BCUT2D eigenvalue weighted by atomic mass is 9.84. The van der Waals surface area contributed by atoms with Gasteiger partial charge in [-0.15, -0.1) is 11.3 Å². The van der Waals surface area contributed by atoms with Crippen LogP contribution in [-0.4, -0.2) is 51.6 Å². The van der Waals surface area contributed by atoms with Crippen LogP contribution in [0.4, 0.5) is 10.3 Å². The number of thiophene rings is 1. The molecular weight excluding hydrogens is 467 g/mol. The summed E-state index contributed by atoms with van der Waals surface area (Å²) in [5.74, 6) is -0.672. The lowest BCUT2D eigenvalue weighted by Crippen LogP contribution is -2.59. The Labute approximate surface area is 204 Å². The second kappa shape index (κ2) is 7.96. The molecule has 0 aliphatic carbocycles. The third-order valence-corrected chi connectivity index (χ3v) is 8.05. The van der Waals surface area contributed by atoms with Gasteiger partial charge in [-0.3, -0.25) is 14.9 Å². The van der Waals surface area contributed by atoms with Crippen LogP contribution in [0.1, 0.15) is 31.0 Å². The van der Waals surface area contributed by atoms with E-state index in [4.69, 9.17) is 10.7 Å². The predicted octanol–water partition coefficient (Wildman–Crippen LogP) is 3.40. The maximum atomic E-state index is 15.0. The van der Waals surface area contributed by atoms with Crippen molar-refractivity contribution in [1.82, 2.24) is 20.3 Å². The number of aromatic amines is 1. The molecule has 2 aliphatic rings. The van der Waals surface area contributed by atoms with Crippen LogP contribution in [0.25, 0.3) is 32.3 Å². The van der Waals surface area contributed by atoms with E-state index in [1.165, 1.54) is 11.3 Å². The van der Waals surface area contributed by atoms with Crippen molar-refractivity contribution < 1.29 is 14.0 Å². The molecule has 6 rings (SSSR count). The fraction of sp³-hybridized carbons (Fsp3) is 0.280. The molecule has 2 aliphatic heterocycles. The molecule has 2 unspecified atom stereocenters. The van der Waals surface area contributed by atoms with Crippen LogP contribution in [0.15, 0.2) is 41.9 Å². The Kier molecular flexibility index (Phi) is 4.97. The number of piperidine rings is 1. The minimum atomic E-state index is -1.24. The normalized spacial score (nSPS) is 23.1. The van der Waals surface area contributed by atoms with Gasteiger partial charge in [0.05, 0.1) is 44.7 Å². The first kappa shape index (κ1) is 21.9. The average molecular weight is 491 g/mol. The Balaban J connectivity index is 1.55. The van der Waals surface area contributed by atoms with E-state index in [2.05, 4.69) is 15.3 Å². The highest BCUT2D eigenvalue weighted by atomic mass is 32.1. The summed E-state index contributed by atoms with van der Waals surface area (Å²) in [6.07, 6.45) is 1.50. The number of halogens is 1. The van der Waals surface area contributed by atoms with Gasteiger partial charge in [-0.1, -0.05) is 25.1 Å². The summed E-state index contributed by atoms with van der Waals surface area (Å²) in [6.45, 7) is 2.45. The second-order valence-electron chi connectivity index (χ2n) is 9.04. The number of alkyl halides is 1. The predicted molar refractivity (Wildman–Crippen MR) is 135 cm³/mol. The summed E-state index contributed by atoms with van der Waals surface area (Å²) in [7, 11) is 0. The molecule has 0 saturated carbocycles. The Bertz CT molecular complexity index is 1540. The van der Waals surface area contributed by atoms with E-state index < -0.39 is 23.5 Å². The van der Waals surface area contributed by atoms with Crippen molar-refractivity contribution in [2.24, 2.45) is 5.73 Å². The number of anilines is 1. The summed E-state index contributed by atoms with van der Waals surface area (Å²) < 4.78 is 15.9. The minimum Gasteiger partial charge on any atom is -0.360 e. The second-order valence-corrected chi connectivity index (χ2v) is 9.95. The lowest BCUT2D eigenvalue weighted by molar-refractivity contribution is -0.122. The summed E-state index contributed by atoms with van der Waals surface area (Å²) in [4.78, 5) is 40.5. The van der Waals surface area contributed by atoms with Crippen molar-refractivity contribution in [2.45, 2.75) is 31.5 Å². The van der Waals surface area contributed by atoms with Gasteiger partial charge in [0, 0.05) is 23.7 Å². The number of H-pyrrole nitrogens is 1. The maximum Gasteiger partial charge on any atom is 0.261 e. The van der Waals surface area contributed by atoms with Gasteiger partial charge in [-0.05, 0) is 30.4 Å². The van der Waals surface area contributed by atoms with Crippen LogP contribution < -0.4 is 16.0 Å². The van der Waals surface area contributed by atoms with Gasteiger partial charge < -0.3 is 15.6 Å². The molecule has 1 aromatic carbocycles. The van der Waals surface area contributed by atoms with Gasteiger partial charge >= 0.3 is 0 Å². The van der Waals surface area contributed by atoms with Gasteiger partial charge in [0.25, 0.3) is 11.8 Å². The number of hydrogen-bond donors (Lipinski definition) is 3. The molecule has 0 spiro atoms. The van der Waals surface area contributed by atoms with E-state index in [1.807, 2.05) is 42.6 Å². The number of amides is 2. The number of nitrogens with zero attached hydrogens (tertiary/aromatic N) is 3. The molecule has 3 aromatic heterocycles. The van der Waals surface area contributed by atoms with Gasteiger partial charge in [0.1, 0.15) is 6.17 Å². The zero-order chi connectivity index (χ0) is 24.3. The Morgan fingerprint density at radius 3 is 2.80 bits per heavy atom. The van der Waals surface area contributed by atoms with E-state index in [1.54, 1.807) is 11.1 Å². The lowest BCUT2D eigenvalue weighted by Gasteiger charge is -2.41. The Morgan fingerprint density at radius 2 is 2.00 bits per heavy atom. The van der Waals surface area contributed by atoms with E-state index in [0.717, 1.165) is 10.2 Å². The third-order valence-electron chi connectivity index (χ3n) is 7.10. The molecule has 4 N–H and O–H groups in total. The van der Waals surface area contributed by atoms with Gasteiger partial charge in [0.15, 0.2) is 0 Å². The molecule has 0 bridgehead atoms. The summed E-state index contributed by atoms with van der Waals surface area (Å²) in [5.41, 5.74) is 8.35. The van der Waals surface area contributed by atoms with E-state index in [9.17, 15) is 9.59 Å². The van der Waals surface area contributed by atoms with Crippen LogP contribution in [0, 0.1) is 0 Å². The maximum absolute atomic E-state index is 15.0. The Morgan fingerprint density at radius 1 is 1.20 bits per heavy atom.